The van der Waals surface area contributed by atoms with Crippen molar-refractivity contribution in [3.8, 4) is 0 Å². The Kier molecular flexibility index (Phi) is 3.88. The van der Waals surface area contributed by atoms with E-state index in [1.807, 2.05) is 0 Å². The van der Waals surface area contributed by atoms with Gasteiger partial charge in [0, 0.05) is 18.4 Å². The van der Waals surface area contributed by atoms with Gasteiger partial charge in [0.05, 0.1) is 24.9 Å². The van der Waals surface area contributed by atoms with Crippen molar-refractivity contribution >= 4 is 0 Å². The van der Waals surface area contributed by atoms with Gasteiger partial charge in [-0.2, -0.15) is 0 Å². The van der Waals surface area contributed by atoms with E-state index in [1.54, 1.807) is 0 Å². The summed E-state index contributed by atoms with van der Waals surface area (Å²) in [6.07, 6.45) is 5.65. The molecule has 1 heterocycles. The molecule has 16 heavy (non-hydrogen) atoms. The van der Waals surface area contributed by atoms with Gasteiger partial charge in [-0.15, -0.1) is 0 Å². The maximum Gasteiger partial charge on any atom is 0.0808 e. The highest BCUT2D eigenvalue weighted by Gasteiger charge is 2.50. The highest BCUT2D eigenvalue weighted by molar-refractivity contribution is 5.00. The van der Waals surface area contributed by atoms with Crippen LogP contribution in [0.3, 0.4) is 0 Å². The molecule has 2 fully saturated rings. The van der Waals surface area contributed by atoms with Gasteiger partial charge in [0.2, 0.25) is 0 Å². The second-order valence-corrected chi connectivity index (χ2v) is 5.42. The quantitative estimate of drug-likeness (QED) is 0.801. The second-order valence-electron chi connectivity index (χ2n) is 5.42. The standard InChI is InChI=1S/C13H24O3/c1-3-13(2)11(14)8-12(13)16-9-10-6-4-5-7-15-10/h10-12,14H,3-9H2,1-2H3. The van der Waals surface area contributed by atoms with Crippen LogP contribution >= 0.6 is 0 Å². The minimum atomic E-state index is -0.185. The van der Waals surface area contributed by atoms with Crippen LogP contribution in [-0.2, 0) is 9.47 Å². The molecule has 1 saturated heterocycles. The van der Waals surface area contributed by atoms with Gasteiger partial charge >= 0.3 is 0 Å². The lowest BCUT2D eigenvalue weighted by Gasteiger charge is -2.51. The molecule has 0 spiro atoms. The molecule has 0 amide bonds. The van der Waals surface area contributed by atoms with E-state index in [0.717, 1.165) is 25.9 Å². The Morgan fingerprint density at radius 2 is 2.25 bits per heavy atom. The zero-order valence-electron chi connectivity index (χ0n) is 10.4. The van der Waals surface area contributed by atoms with Crippen LogP contribution in [0.2, 0.25) is 0 Å². The SMILES string of the molecule is CCC1(C)C(O)CC1OCC1CCCCO1. The Morgan fingerprint density at radius 3 is 2.81 bits per heavy atom. The third-order valence-electron chi connectivity index (χ3n) is 4.45. The van der Waals surface area contributed by atoms with Crippen molar-refractivity contribution in [3.05, 3.63) is 0 Å². The van der Waals surface area contributed by atoms with E-state index in [2.05, 4.69) is 13.8 Å². The molecule has 3 heteroatoms. The Balaban J connectivity index is 1.74. The maximum absolute atomic E-state index is 9.76. The van der Waals surface area contributed by atoms with Crippen molar-refractivity contribution in [2.45, 2.75) is 64.3 Å². The molecular weight excluding hydrogens is 204 g/mol. The molecule has 94 valence electrons. The summed E-state index contributed by atoms with van der Waals surface area (Å²) >= 11 is 0. The number of ether oxygens (including phenoxy) is 2. The number of hydrogen-bond donors (Lipinski definition) is 1. The van der Waals surface area contributed by atoms with E-state index < -0.39 is 0 Å². The van der Waals surface area contributed by atoms with E-state index >= 15 is 0 Å². The molecule has 1 aliphatic carbocycles. The van der Waals surface area contributed by atoms with Crippen LogP contribution in [0.15, 0.2) is 0 Å². The van der Waals surface area contributed by atoms with E-state index in [1.165, 1.54) is 12.8 Å². The lowest BCUT2D eigenvalue weighted by molar-refractivity contribution is -0.199. The van der Waals surface area contributed by atoms with E-state index in [4.69, 9.17) is 9.47 Å². The summed E-state index contributed by atoms with van der Waals surface area (Å²) in [5.41, 5.74) is -0.0331. The fourth-order valence-corrected chi connectivity index (χ4v) is 2.68. The van der Waals surface area contributed by atoms with Crippen molar-refractivity contribution in [2.24, 2.45) is 5.41 Å². The molecule has 4 atom stereocenters. The number of hydrogen-bond acceptors (Lipinski definition) is 3. The largest absolute Gasteiger partial charge is 0.392 e. The molecule has 2 aliphatic rings. The highest BCUT2D eigenvalue weighted by Crippen LogP contribution is 2.45. The lowest BCUT2D eigenvalue weighted by atomic mass is 9.63. The van der Waals surface area contributed by atoms with E-state index in [-0.39, 0.29) is 23.7 Å². The normalized spacial score (nSPS) is 44.1. The van der Waals surface area contributed by atoms with Crippen LogP contribution in [-0.4, -0.2) is 36.6 Å². The zero-order chi connectivity index (χ0) is 11.6. The van der Waals surface area contributed by atoms with Crippen LogP contribution in [0.25, 0.3) is 0 Å². The number of rotatable bonds is 4. The first kappa shape index (κ1) is 12.3. The van der Waals surface area contributed by atoms with Crippen molar-refractivity contribution < 1.29 is 14.6 Å². The molecule has 0 aromatic carbocycles. The van der Waals surface area contributed by atoms with Crippen LogP contribution in [0.5, 0.6) is 0 Å². The first-order chi connectivity index (χ1) is 7.66. The molecular formula is C13H24O3. The number of aliphatic hydroxyl groups is 1. The topological polar surface area (TPSA) is 38.7 Å². The summed E-state index contributed by atoms with van der Waals surface area (Å²) in [6, 6.07) is 0. The van der Waals surface area contributed by atoms with Crippen LogP contribution in [0.1, 0.15) is 46.0 Å². The number of aliphatic hydroxyl groups excluding tert-OH is 1. The van der Waals surface area contributed by atoms with Gasteiger partial charge in [-0.05, 0) is 25.7 Å². The minimum absolute atomic E-state index is 0.0331. The predicted octanol–water partition coefficient (Wildman–Crippen LogP) is 2.12. The fraction of sp³-hybridized carbons (Fsp3) is 1.00. The Morgan fingerprint density at radius 1 is 1.44 bits per heavy atom. The zero-order valence-corrected chi connectivity index (χ0v) is 10.4. The van der Waals surface area contributed by atoms with Crippen molar-refractivity contribution in [1.82, 2.24) is 0 Å². The van der Waals surface area contributed by atoms with Gasteiger partial charge < -0.3 is 14.6 Å². The second kappa shape index (κ2) is 5.03. The van der Waals surface area contributed by atoms with Crippen LogP contribution < -0.4 is 0 Å². The monoisotopic (exact) mass is 228 g/mol. The summed E-state index contributed by atoms with van der Waals surface area (Å²) in [4.78, 5) is 0. The van der Waals surface area contributed by atoms with Crippen molar-refractivity contribution in [1.29, 1.82) is 0 Å². The highest BCUT2D eigenvalue weighted by atomic mass is 16.5. The fourth-order valence-electron chi connectivity index (χ4n) is 2.68. The smallest absolute Gasteiger partial charge is 0.0808 e. The summed E-state index contributed by atoms with van der Waals surface area (Å²) in [7, 11) is 0. The molecule has 4 unspecified atom stereocenters. The molecule has 2 rings (SSSR count). The van der Waals surface area contributed by atoms with Crippen LogP contribution in [0, 0.1) is 5.41 Å². The van der Waals surface area contributed by atoms with Gasteiger partial charge in [-0.3, -0.25) is 0 Å². The Labute approximate surface area is 98.1 Å². The van der Waals surface area contributed by atoms with Gasteiger partial charge in [0.1, 0.15) is 0 Å². The molecule has 1 N–H and O–H groups in total. The van der Waals surface area contributed by atoms with Gasteiger partial charge in [0.25, 0.3) is 0 Å². The average molecular weight is 228 g/mol. The first-order valence-corrected chi connectivity index (χ1v) is 6.58. The lowest BCUT2D eigenvalue weighted by Crippen LogP contribution is -2.56. The van der Waals surface area contributed by atoms with Crippen LogP contribution in [0.4, 0.5) is 0 Å². The van der Waals surface area contributed by atoms with E-state index in [9.17, 15) is 5.11 Å². The summed E-state index contributed by atoms with van der Waals surface area (Å²) in [5.74, 6) is 0. The van der Waals surface area contributed by atoms with Crippen molar-refractivity contribution in [3.63, 3.8) is 0 Å². The summed E-state index contributed by atoms with van der Waals surface area (Å²) in [6.45, 7) is 5.82. The third-order valence-corrected chi connectivity index (χ3v) is 4.45. The molecule has 0 radical (unpaired) electrons. The maximum atomic E-state index is 9.76. The summed E-state index contributed by atoms with van der Waals surface area (Å²) in [5, 5.41) is 9.76. The molecule has 0 aromatic heterocycles. The molecule has 0 aromatic rings. The third kappa shape index (κ3) is 2.27. The van der Waals surface area contributed by atoms with Gasteiger partial charge in [-0.25, -0.2) is 0 Å². The van der Waals surface area contributed by atoms with Gasteiger partial charge in [-0.1, -0.05) is 13.8 Å². The molecule has 0 bridgehead atoms. The van der Waals surface area contributed by atoms with Gasteiger partial charge in [0.15, 0.2) is 0 Å². The molecule has 1 aliphatic heterocycles. The Hall–Kier alpha value is -0.120. The summed E-state index contributed by atoms with van der Waals surface area (Å²) < 4.78 is 11.5. The minimum Gasteiger partial charge on any atom is -0.392 e. The molecule has 3 nitrogen and oxygen atoms in total. The first-order valence-electron chi connectivity index (χ1n) is 6.58. The molecule has 1 saturated carbocycles. The average Bonchev–Trinajstić information content (AvgIpc) is 2.34. The van der Waals surface area contributed by atoms with Crippen molar-refractivity contribution in [2.75, 3.05) is 13.2 Å². The van der Waals surface area contributed by atoms with E-state index in [0.29, 0.717) is 6.61 Å². The Bertz CT molecular complexity index is 225. The predicted molar refractivity (Wildman–Crippen MR) is 62.4 cm³/mol.